The molecule has 1 heterocycles. The second-order valence-electron chi connectivity index (χ2n) is 7.96. The smallest absolute Gasteiger partial charge is 0.309 e. The molecule has 8 heteroatoms. The molecule has 0 radical (unpaired) electrons. The molecule has 0 aliphatic carbocycles. The van der Waals surface area contributed by atoms with Gasteiger partial charge in [0.25, 0.3) is 0 Å². The van der Waals surface area contributed by atoms with Gasteiger partial charge in [-0.25, -0.2) is 0 Å². The van der Waals surface area contributed by atoms with Crippen LogP contribution in [0.3, 0.4) is 0 Å². The van der Waals surface area contributed by atoms with Crippen LogP contribution < -0.4 is 10.6 Å². The van der Waals surface area contributed by atoms with Gasteiger partial charge in [0.1, 0.15) is 0 Å². The number of aliphatic carboxylic acids is 1. The lowest BCUT2D eigenvalue weighted by molar-refractivity contribution is -0.155. The maximum atomic E-state index is 12.4. The third kappa shape index (κ3) is 8.34. The van der Waals surface area contributed by atoms with Crippen LogP contribution in [-0.2, 0) is 14.4 Å². The van der Waals surface area contributed by atoms with E-state index in [4.69, 9.17) is 0 Å². The van der Waals surface area contributed by atoms with Crippen molar-refractivity contribution < 1.29 is 19.5 Å². The Morgan fingerprint density at radius 1 is 1.15 bits per heavy atom. The fraction of sp³-hybridized carbons (Fsp3) is 0.842. The van der Waals surface area contributed by atoms with E-state index in [0.29, 0.717) is 19.5 Å². The van der Waals surface area contributed by atoms with Gasteiger partial charge >= 0.3 is 5.97 Å². The zero-order valence-corrected chi connectivity index (χ0v) is 18.5. The van der Waals surface area contributed by atoms with Crippen LogP contribution in [0.1, 0.15) is 59.8 Å². The largest absolute Gasteiger partial charge is 0.481 e. The molecule has 0 spiro atoms. The first-order valence-electron chi connectivity index (χ1n) is 9.72. The molecule has 1 aliphatic heterocycles. The van der Waals surface area contributed by atoms with Gasteiger partial charge in [0, 0.05) is 30.5 Å². The van der Waals surface area contributed by atoms with Crippen LogP contribution >= 0.6 is 21.6 Å². The SMILES string of the molecule is CC(C)C(C(=O)NCCNC(=O)CCCCC1CCSS1)C(C)(C)C(=O)O. The minimum Gasteiger partial charge on any atom is -0.481 e. The van der Waals surface area contributed by atoms with Crippen molar-refractivity contribution >= 4 is 39.4 Å². The van der Waals surface area contributed by atoms with Crippen LogP contribution in [0.4, 0.5) is 0 Å². The third-order valence-corrected chi connectivity index (χ3v) is 7.94. The van der Waals surface area contributed by atoms with Crippen molar-refractivity contribution in [3.63, 3.8) is 0 Å². The van der Waals surface area contributed by atoms with E-state index in [1.165, 1.54) is 18.6 Å². The first-order chi connectivity index (χ1) is 12.7. The molecule has 156 valence electrons. The van der Waals surface area contributed by atoms with Crippen LogP contribution in [0.2, 0.25) is 0 Å². The van der Waals surface area contributed by atoms with Gasteiger partial charge < -0.3 is 15.7 Å². The number of unbranched alkanes of at least 4 members (excludes halogenated alkanes) is 1. The van der Waals surface area contributed by atoms with Gasteiger partial charge in [0.15, 0.2) is 0 Å². The van der Waals surface area contributed by atoms with E-state index in [9.17, 15) is 19.5 Å². The molecule has 0 aromatic heterocycles. The minimum atomic E-state index is -1.14. The quantitative estimate of drug-likeness (QED) is 0.332. The van der Waals surface area contributed by atoms with E-state index in [2.05, 4.69) is 10.6 Å². The number of rotatable bonds is 12. The highest BCUT2D eigenvalue weighted by Crippen LogP contribution is 2.39. The number of nitrogens with one attached hydrogen (secondary N) is 2. The van der Waals surface area contributed by atoms with Crippen LogP contribution in [0.15, 0.2) is 0 Å². The molecule has 1 aliphatic rings. The van der Waals surface area contributed by atoms with Gasteiger partial charge in [-0.2, -0.15) is 0 Å². The summed E-state index contributed by atoms with van der Waals surface area (Å²) < 4.78 is 0. The first-order valence-corrected chi connectivity index (χ1v) is 12.1. The zero-order chi connectivity index (χ0) is 20.4. The topological polar surface area (TPSA) is 95.5 Å². The van der Waals surface area contributed by atoms with E-state index in [-0.39, 0.29) is 17.7 Å². The standard InChI is InChI=1S/C19H34N2O4S2/c1-13(2)16(19(3,4)18(24)25)17(23)21-11-10-20-15(22)8-6-5-7-14-9-12-26-27-14/h13-14,16H,5-12H2,1-4H3,(H,20,22)(H,21,23)(H,24,25). The van der Waals surface area contributed by atoms with Gasteiger partial charge in [0.2, 0.25) is 11.8 Å². The van der Waals surface area contributed by atoms with E-state index in [0.717, 1.165) is 18.1 Å². The van der Waals surface area contributed by atoms with Gasteiger partial charge in [-0.15, -0.1) is 0 Å². The van der Waals surface area contributed by atoms with Crippen LogP contribution in [0.5, 0.6) is 0 Å². The number of carboxylic acid groups (broad SMARTS) is 1. The zero-order valence-electron chi connectivity index (χ0n) is 16.9. The van der Waals surface area contributed by atoms with Crippen LogP contribution in [0, 0.1) is 17.3 Å². The summed E-state index contributed by atoms with van der Waals surface area (Å²) in [6, 6.07) is 0. The maximum absolute atomic E-state index is 12.4. The summed E-state index contributed by atoms with van der Waals surface area (Å²) in [5.41, 5.74) is -1.14. The van der Waals surface area contributed by atoms with Gasteiger partial charge in [0.05, 0.1) is 11.3 Å². The monoisotopic (exact) mass is 418 g/mol. The first kappa shape index (κ1) is 24.1. The molecule has 0 aromatic rings. The Morgan fingerprint density at radius 3 is 2.37 bits per heavy atom. The Balaban J connectivity index is 2.22. The van der Waals surface area contributed by atoms with Crippen LogP contribution in [0.25, 0.3) is 0 Å². The van der Waals surface area contributed by atoms with Crippen molar-refractivity contribution in [3.8, 4) is 0 Å². The summed E-state index contributed by atoms with van der Waals surface area (Å²) in [6.07, 6.45) is 4.93. The van der Waals surface area contributed by atoms with Crippen LogP contribution in [-0.4, -0.2) is 47.0 Å². The third-order valence-electron chi connectivity index (χ3n) is 4.93. The minimum absolute atomic E-state index is 0.00368. The summed E-state index contributed by atoms with van der Waals surface area (Å²) >= 11 is 0. The Bertz CT molecular complexity index is 506. The average Bonchev–Trinajstić information content (AvgIpc) is 3.08. The van der Waals surface area contributed by atoms with Crippen molar-refractivity contribution in [1.82, 2.24) is 10.6 Å². The molecule has 0 bridgehead atoms. The molecule has 0 saturated carbocycles. The molecule has 1 saturated heterocycles. The normalized spacial score (nSPS) is 18.3. The van der Waals surface area contributed by atoms with E-state index in [1.807, 2.05) is 35.4 Å². The maximum Gasteiger partial charge on any atom is 0.309 e. The Kier molecular flexibility index (Phi) is 10.6. The molecule has 1 fully saturated rings. The van der Waals surface area contributed by atoms with Crippen molar-refractivity contribution in [2.24, 2.45) is 17.3 Å². The average molecular weight is 419 g/mol. The fourth-order valence-electron chi connectivity index (χ4n) is 3.40. The molecule has 27 heavy (non-hydrogen) atoms. The summed E-state index contributed by atoms with van der Waals surface area (Å²) in [5, 5.41) is 15.7. The second-order valence-corrected chi connectivity index (χ2v) is 10.8. The van der Waals surface area contributed by atoms with Crippen molar-refractivity contribution in [2.45, 2.75) is 65.0 Å². The molecule has 1 rings (SSSR count). The van der Waals surface area contributed by atoms with Crippen molar-refractivity contribution in [1.29, 1.82) is 0 Å². The number of hydrogen-bond acceptors (Lipinski definition) is 5. The molecular weight excluding hydrogens is 384 g/mol. The summed E-state index contributed by atoms with van der Waals surface area (Å²) in [4.78, 5) is 35.8. The summed E-state index contributed by atoms with van der Waals surface area (Å²) in [7, 11) is 3.91. The second kappa shape index (κ2) is 11.8. The molecule has 6 nitrogen and oxygen atoms in total. The Morgan fingerprint density at radius 2 is 1.81 bits per heavy atom. The van der Waals surface area contributed by atoms with E-state index >= 15 is 0 Å². The number of carbonyl (C=O) groups is 3. The number of carbonyl (C=O) groups excluding carboxylic acids is 2. The summed E-state index contributed by atoms with van der Waals surface area (Å²) in [6.45, 7) is 7.50. The lowest BCUT2D eigenvalue weighted by atomic mass is 9.72. The molecule has 3 N–H and O–H groups in total. The van der Waals surface area contributed by atoms with Crippen molar-refractivity contribution in [3.05, 3.63) is 0 Å². The highest BCUT2D eigenvalue weighted by atomic mass is 33.1. The number of amides is 2. The van der Waals surface area contributed by atoms with E-state index in [1.54, 1.807) is 13.8 Å². The predicted molar refractivity (Wildman–Crippen MR) is 113 cm³/mol. The van der Waals surface area contributed by atoms with Gasteiger partial charge in [-0.05, 0) is 39.0 Å². The highest BCUT2D eigenvalue weighted by molar-refractivity contribution is 8.77. The van der Waals surface area contributed by atoms with E-state index < -0.39 is 17.3 Å². The molecule has 2 amide bonds. The molecule has 2 unspecified atom stereocenters. The number of carboxylic acids is 1. The van der Waals surface area contributed by atoms with Gasteiger partial charge in [-0.1, -0.05) is 41.9 Å². The molecule has 2 atom stereocenters. The molecule has 0 aromatic carbocycles. The fourth-order valence-corrected chi connectivity index (χ4v) is 6.43. The Labute approximate surface area is 170 Å². The molecular formula is C19H34N2O4S2. The highest BCUT2D eigenvalue weighted by Gasteiger charge is 2.43. The van der Waals surface area contributed by atoms with Gasteiger partial charge in [-0.3, -0.25) is 14.4 Å². The Hall–Kier alpha value is -0.890. The van der Waals surface area contributed by atoms with Crippen molar-refractivity contribution in [2.75, 3.05) is 18.8 Å². The predicted octanol–water partition coefficient (Wildman–Crippen LogP) is 3.32. The number of hydrogen-bond donors (Lipinski definition) is 3. The summed E-state index contributed by atoms with van der Waals surface area (Å²) in [5.74, 6) is -0.746. The lowest BCUT2D eigenvalue weighted by Crippen LogP contribution is -2.47. The lowest BCUT2D eigenvalue weighted by Gasteiger charge is -2.32.